The van der Waals surface area contributed by atoms with E-state index in [1.54, 1.807) is 21.3 Å². The van der Waals surface area contributed by atoms with Crippen molar-refractivity contribution in [2.45, 2.75) is 32.6 Å². The van der Waals surface area contributed by atoms with Crippen molar-refractivity contribution in [2.24, 2.45) is 0 Å². The topological polar surface area (TPSA) is 47.9 Å². The van der Waals surface area contributed by atoms with Crippen LogP contribution in [0.2, 0.25) is 0 Å². The molecule has 0 radical (unpaired) electrons. The molecule has 2 aromatic carbocycles. The maximum atomic E-state index is 9.36. The van der Waals surface area contributed by atoms with Gasteiger partial charge in [0, 0.05) is 16.2 Å². The summed E-state index contributed by atoms with van der Waals surface area (Å²) in [6.07, 6.45) is 14.3. The van der Waals surface area contributed by atoms with Crippen LogP contribution >= 0.6 is 11.3 Å². The number of unbranched alkanes of at least 4 members (excludes halogenated alkanes) is 1. The smallest absolute Gasteiger partial charge is 0.203 e. The fourth-order valence-electron chi connectivity index (χ4n) is 3.91. The van der Waals surface area contributed by atoms with Gasteiger partial charge in [-0.05, 0) is 72.9 Å². The number of methoxy groups -OCH3 is 3. The summed E-state index contributed by atoms with van der Waals surface area (Å²) in [6.45, 7) is 2.40. The Bertz CT molecular complexity index is 1150. The third kappa shape index (κ3) is 6.31. The van der Waals surface area contributed by atoms with Gasteiger partial charge >= 0.3 is 0 Å². The molecule has 0 amide bonds. The van der Waals surface area contributed by atoms with Gasteiger partial charge in [0.15, 0.2) is 11.5 Å². The Morgan fingerprint density at radius 1 is 0.971 bits per heavy atom. The lowest BCUT2D eigenvalue weighted by Gasteiger charge is -2.12. The van der Waals surface area contributed by atoms with Crippen molar-refractivity contribution < 1.29 is 19.3 Å². The summed E-state index contributed by atoms with van der Waals surface area (Å²) in [4.78, 5) is 1.32. The van der Waals surface area contributed by atoms with Crippen molar-refractivity contribution in [3.63, 3.8) is 0 Å². The summed E-state index contributed by atoms with van der Waals surface area (Å²) in [5, 5.41) is 10.7. The zero-order chi connectivity index (χ0) is 24.3. The second kappa shape index (κ2) is 13.0. The van der Waals surface area contributed by atoms with Crippen LogP contribution in [0.3, 0.4) is 0 Å². The fraction of sp³-hybridized carbons (Fsp3) is 0.310. The van der Waals surface area contributed by atoms with E-state index in [9.17, 15) is 5.11 Å². The van der Waals surface area contributed by atoms with E-state index in [0.717, 1.165) is 31.2 Å². The molecule has 0 saturated heterocycles. The lowest BCUT2D eigenvalue weighted by Crippen LogP contribution is -1.95. The van der Waals surface area contributed by atoms with Crippen LogP contribution in [0, 0.1) is 6.92 Å². The van der Waals surface area contributed by atoms with Gasteiger partial charge in [-0.15, -0.1) is 11.3 Å². The Morgan fingerprint density at radius 2 is 1.68 bits per heavy atom. The average molecular weight is 479 g/mol. The third-order valence-electron chi connectivity index (χ3n) is 5.67. The highest BCUT2D eigenvalue weighted by Crippen LogP contribution is 2.39. The molecule has 0 aliphatic carbocycles. The molecule has 1 aromatic heterocycles. The van der Waals surface area contributed by atoms with E-state index in [2.05, 4.69) is 61.6 Å². The highest BCUT2D eigenvalue weighted by Gasteiger charge is 2.12. The molecule has 0 aliphatic heterocycles. The number of fused-ring (bicyclic) bond motifs is 1. The van der Waals surface area contributed by atoms with Crippen LogP contribution in [0.5, 0.6) is 17.2 Å². The Kier molecular flexibility index (Phi) is 9.80. The lowest BCUT2D eigenvalue weighted by molar-refractivity contribution is 0.290. The number of thiophene rings is 1. The first-order valence-corrected chi connectivity index (χ1v) is 12.4. The average Bonchev–Trinajstić information content (AvgIpc) is 3.20. The number of aliphatic hydroxyl groups excluding tert-OH is 1. The number of benzene rings is 2. The van der Waals surface area contributed by atoms with E-state index in [1.165, 1.54) is 26.1 Å². The van der Waals surface area contributed by atoms with E-state index < -0.39 is 0 Å². The van der Waals surface area contributed by atoms with Gasteiger partial charge in [-0.25, -0.2) is 0 Å². The van der Waals surface area contributed by atoms with Gasteiger partial charge in [0.25, 0.3) is 0 Å². The minimum atomic E-state index is 0.205. The minimum absolute atomic E-state index is 0.205. The molecule has 1 heterocycles. The first-order chi connectivity index (χ1) is 16.6. The van der Waals surface area contributed by atoms with Gasteiger partial charge in [-0.3, -0.25) is 0 Å². The predicted molar refractivity (Wildman–Crippen MR) is 144 cm³/mol. The Balaban J connectivity index is 1.66. The molecular weight excluding hydrogens is 444 g/mol. The number of hydrogen-bond donors (Lipinski definition) is 1. The van der Waals surface area contributed by atoms with Crippen LogP contribution in [-0.4, -0.2) is 33.0 Å². The van der Waals surface area contributed by atoms with Crippen LogP contribution in [0.15, 0.2) is 60.7 Å². The number of aryl methyl sites for hydroxylation is 1. The van der Waals surface area contributed by atoms with Crippen molar-refractivity contribution in [1.29, 1.82) is 0 Å². The van der Waals surface area contributed by atoms with Crippen molar-refractivity contribution in [3.8, 4) is 17.2 Å². The van der Waals surface area contributed by atoms with Crippen LogP contribution in [0.25, 0.3) is 21.7 Å². The highest BCUT2D eigenvalue weighted by molar-refractivity contribution is 7.20. The maximum absolute atomic E-state index is 9.36. The molecule has 0 spiro atoms. The van der Waals surface area contributed by atoms with Gasteiger partial charge in [-0.1, -0.05) is 48.6 Å². The van der Waals surface area contributed by atoms with E-state index in [4.69, 9.17) is 14.2 Å². The Morgan fingerprint density at radius 3 is 2.32 bits per heavy atom. The standard InChI is InChI=1S/C29H34O4S/c1-21-24-16-10-11-17-27(24)34-29(21)23(15-12-18-30)14-9-7-5-6-8-13-22-19-25(31-2)28(33-4)26(20-22)32-3/h7-11,13-14,16-17,19-20,30H,5-6,12,15,18H2,1-4H3/b9-7+,13-8-,23-14+. The summed E-state index contributed by atoms with van der Waals surface area (Å²) in [5.41, 5.74) is 3.62. The van der Waals surface area contributed by atoms with E-state index in [0.29, 0.717) is 17.2 Å². The molecule has 0 atom stereocenters. The maximum Gasteiger partial charge on any atom is 0.203 e. The Hall–Kier alpha value is -3.02. The van der Waals surface area contributed by atoms with Gasteiger partial charge < -0.3 is 19.3 Å². The lowest BCUT2D eigenvalue weighted by atomic mass is 10.0. The number of rotatable bonds is 12. The summed E-state index contributed by atoms with van der Waals surface area (Å²) < 4.78 is 17.5. The molecule has 180 valence electrons. The highest BCUT2D eigenvalue weighted by atomic mass is 32.1. The number of ether oxygens (including phenoxy) is 3. The van der Waals surface area contributed by atoms with E-state index >= 15 is 0 Å². The number of allylic oxidation sites excluding steroid dienone is 5. The molecule has 5 heteroatoms. The third-order valence-corrected chi connectivity index (χ3v) is 7.02. The van der Waals surface area contributed by atoms with Crippen LogP contribution < -0.4 is 14.2 Å². The number of aliphatic hydroxyl groups is 1. The fourth-order valence-corrected chi connectivity index (χ4v) is 5.17. The van der Waals surface area contributed by atoms with Crippen molar-refractivity contribution in [3.05, 3.63) is 76.7 Å². The van der Waals surface area contributed by atoms with Crippen molar-refractivity contribution >= 4 is 33.1 Å². The second-order valence-corrected chi connectivity index (χ2v) is 8.99. The van der Waals surface area contributed by atoms with Gasteiger partial charge in [0.05, 0.1) is 21.3 Å². The van der Waals surface area contributed by atoms with Crippen molar-refractivity contribution in [1.82, 2.24) is 0 Å². The quantitative estimate of drug-likeness (QED) is 0.217. The largest absolute Gasteiger partial charge is 0.493 e. The molecule has 0 aliphatic rings. The summed E-state index contributed by atoms with van der Waals surface area (Å²) in [7, 11) is 4.85. The van der Waals surface area contributed by atoms with E-state index in [-0.39, 0.29) is 6.61 Å². The summed E-state index contributed by atoms with van der Waals surface area (Å²) >= 11 is 1.84. The number of hydrogen-bond acceptors (Lipinski definition) is 5. The summed E-state index contributed by atoms with van der Waals surface area (Å²) in [6, 6.07) is 12.4. The van der Waals surface area contributed by atoms with E-state index in [1.807, 2.05) is 23.5 Å². The molecule has 4 nitrogen and oxygen atoms in total. The van der Waals surface area contributed by atoms with Crippen molar-refractivity contribution in [2.75, 3.05) is 27.9 Å². The molecule has 1 N–H and O–H groups in total. The molecule has 0 unspecified atom stereocenters. The zero-order valence-electron chi connectivity index (χ0n) is 20.5. The van der Waals surface area contributed by atoms with Crippen LogP contribution in [0.1, 0.15) is 41.7 Å². The first kappa shape index (κ1) is 25.6. The SMILES string of the molecule is COc1cc(/C=C\CC/C=C/C=C(\CCCO)c2sc3ccccc3c2C)cc(OC)c1OC. The summed E-state index contributed by atoms with van der Waals surface area (Å²) in [5.74, 6) is 1.90. The molecule has 34 heavy (non-hydrogen) atoms. The van der Waals surface area contributed by atoms with Crippen LogP contribution in [0.4, 0.5) is 0 Å². The molecule has 0 bridgehead atoms. The molecule has 3 aromatic rings. The van der Waals surface area contributed by atoms with Gasteiger partial charge in [0.1, 0.15) is 0 Å². The second-order valence-electron chi connectivity index (χ2n) is 7.94. The molecule has 0 saturated carbocycles. The predicted octanol–water partition coefficient (Wildman–Crippen LogP) is 7.44. The monoisotopic (exact) mass is 478 g/mol. The van der Waals surface area contributed by atoms with Gasteiger partial charge in [-0.2, -0.15) is 0 Å². The zero-order valence-corrected chi connectivity index (χ0v) is 21.3. The molecular formula is C29H34O4S. The molecule has 3 rings (SSSR count). The first-order valence-electron chi connectivity index (χ1n) is 11.5. The molecule has 0 fully saturated rings. The minimum Gasteiger partial charge on any atom is -0.493 e. The van der Waals surface area contributed by atoms with Gasteiger partial charge in [0.2, 0.25) is 5.75 Å². The normalized spacial score (nSPS) is 12.2. The van der Waals surface area contributed by atoms with Crippen LogP contribution in [-0.2, 0) is 0 Å². The Labute approximate surface area is 206 Å².